The highest BCUT2D eigenvalue weighted by atomic mass is 19.1. The Morgan fingerprint density at radius 1 is 1.16 bits per heavy atom. The summed E-state index contributed by atoms with van der Waals surface area (Å²) in [6.45, 7) is 0.570. The van der Waals surface area contributed by atoms with Crippen LogP contribution in [-0.2, 0) is 4.79 Å². The molecule has 1 fully saturated rings. The van der Waals surface area contributed by atoms with Gasteiger partial charge in [-0.1, -0.05) is 0 Å². The van der Waals surface area contributed by atoms with Crippen molar-refractivity contribution in [3.63, 3.8) is 0 Å². The molecule has 1 aromatic heterocycles. The van der Waals surface area contributed by atoms with Gasteiger partial charge in [-0.05, 0) is 61.7 Å². The highest BCUT2D eigenvalue weighted by Crippen LogP contribution is 2.24. The van der Waals surface area contributed by atoms with E-state index >= 15 is 0 Å². The van der Waals surface area contributed by atoms with Crippen LogP contribution in [-0.4, -0.2) is 39.1 Å². The fraction of sp³-hybridized carbons (Fsp3) is 0.227. The lowest BCUT2D eigenvalue weighted by Crippen LogP contribution is -2.45. The summed E-state index contributed by atoms with van der Waals surface area (Å²) in [6, 6.07) is 12.1. The van der Waals surface area contributed by atoms with Crippen LogP contribution in [0.25, 0.3) is 16.9 Å². The number of rotatable bonds is 5. The molecule has 0 radical (unpaired) electrons. The lowest BCUT2D eigenvalue weighted by molar-refractivity contribution is -0.384. The molecule has 2 heterocycles. The fourth-order valence-corrected chi connectivity index (χ4v) is 3.53. The van der Waals surface area contributed by atoms with Gasteiger partial charge in [0.25, 0.3) is 11.6 Å². The molecule has 0 spiro atoms. The number of non-ortho nitro benzene ring substituents is 1. The van der Waals surface area contributed by atoms with E-state index in [1.807, 2.05) is 0 Å². The van der Waals surface area contributed by atoms with Gasteiger partial charge in [-0.15, -0.1) is 0 Å². The Morgan fingerprint density at radius 2 is 1.88 bits per heavy atom. The zero-order valence-electron chi connectivity index (χ0n) is 17.0. The summed E-state index contributed by atoms with van der Waals surface area (Å²) < 4.78 is 14.7. The molecule has 9 nitrogen and oxygen atoms in total. The number of halogens is 1. The Hall–Kier alpha value is -4.08. The van der Waals surface area contributed by atoms with Gasteiger partial charge in [0, 0.05) is 24.2 Å². The highest BCUT2D eigenvalue weighted by molar-refractivity contribution is 5.97. The minimum absolute atomic E-state index is 0.0965. The number of hydrogen-bond donors (Lipinski definition) is 2. The molecule has 2 N–H and O–H groups in total. The molecule has 0 aliphatic carbocycles. The molecule has 1 unspecified atom stereocenters. The Kier molecular flexibility index (Phi) is 5.93. The molecule has 3 aromatic rings. The normalized spacial score (nSPS) is 16.2. The van der Waals surface area contributed by atoms with Gasteiger partial charge in [0.05, 0.1) is 16.3 Å². The van der Waals surface area contributed by atoms with Crippen molar-refractivity contribution < 1.29 is 18.9 Å². The molecule has 32 heavy (non-hydrogen) atoms. The van der Waals surface area contributed by atoms with E-state index in [1.165, 1.54) is 53.2 Å². The Morgan fingerprint density at radius 3 is 2.56 bits per heavy atom. The summed E-state index contributed by atoms with van der Waals surface area (Å²) in [5.74, 6) is -1.15. The first-order chi connectivity index (χ1) is 15.4. The van der Waals surface area contributed by atoms with Gasteiger partial charge in [0.1, 0.15) is 17.6 Å². The van der Waals surface area contributed by atoms with Crippen molar-refractivity contribution in [2.75, 3.05) is 6.54 Å². The van der Waals surface area contributed by atoms with E-state index < -0.39 is 22.7 Å². The lowest BCUT2D eigenvalue weighted by atomic mass is 10.1. The minimum atomic E-state index is -0.667. The SMILES string of the molecule is O=C(NC1CCCCNC1=O)c1cc(-c2ccc(F)cc2)nn1-c1ccc([N+](=O)[O-])cc1. The van der Waals surface area contributed by atoms with Crippen LogP contribution in [0, 0.1) is 15.9 Å². The maximum atomic E-state index is 13.3. The van der Waals surface area contributed by atoms with Crippen LogP contribution < -0.4 is 10.6 Å². The number of benzene rings is 2. The van der Waals surface area contributed by atoms with E-state index in [1.54, 1.807) is 6.07 Å². The van der Waals surface area contributed by atoms with E-state index in [4.69, 9.17) is 0 Å². The summed E-state index contributed by atoms with van der Waals surface area (Å²) in [7, 11) is 0. The van der Waals surface area contributed by atoms with Gasteiger partial charge in [0.2, 0.25) is 5.91 Å². The number of nitro benzene ring substituents is 1. The Balaban J connectivity index is 1.71. The standard InChI is InChI=1S/C22H20FN5O4/c23-15-6-4-14(5-7-15)19-13-20(22(30)25-18-3-1-2-12-24-21(18)29)27(26-19)16-8-10-17(11-9-16)28(31)32/h4-11,13,18H,1-3,12H2,(H,24,29)(H,25,30). The number of hydrogen-bond acceptors (Lipinski definition) is 5. The number of nitrogens with zero attached hydrogens (tertiary/aromatic N) is 3. The third-order valence-electron chi connectivity index (χ3n) is 5.23. The molecule has 1 aliphatic rings. The van der Waals surface area contributed by atoms with Crippen LogP contribution in [0.1, 0.15) is 29.8 Å². The van der Waals surface area contributed by atoms with Crippen LogP contribution in [0.4, 0.5) is 10.1 Å². The third-order valence-corrected chi connectivity index (χ3v) is 5.23. The summed E-state index contributed by atoms with van der Waals surface area (Å²) in [6.07, 6.45) is 2.16. The average Bonchev–Trinajstić information content (AvgIpc) is 3.14. The van der Waals surface area contributed by atoms with E-state index in [0.29, 0.717) is 29.9 Å². The maximum Gasteiger partial charge on any atom is 0.270 e. The van der Waals surface area contributed by atoms with Crippen LogP contribution in [0.5, 0.6) is 0 Å². The van der Waals surface area contributed by atoms with Gasteiger partial charge < -0.3 is 10.6 Å². The van der Waals surface area contributed by atoms with Gasteiger partial charge in [0.15, 0.2) is 0 Å². The molecule has 1 saturated heterocycles. The molecule has 0 saturated carbocycles. The predicted molar refractivity (Wildman–Crippen MR) is 114 cm³/mol. The first-order valence-electron chi connectivity index (χ1n) is 10.1. The molecule has 4 rings (SSSR count). The summed E-state index contributed by atoms with van der Waals surface area (Å²) in [5, 5.41) is 21.0. The first kappa shape index (κ1) is 21.2. The number of amides is 2. The van der Waals surface area contributed by atoms with Crippen molar-refractivity contribution in [3.05, 3.63) is 76.2 Å². The van der Waals surface area contributed by atoms with Gasteiger partial charge >= 0.3 is 0 Å². The van der Waals surface area contributed by atoms with Gasteiger partial charge in [-0.2, -0.15) is 5.10 Å². The van der Waals surface area contributed by atoms with Crippen molar-refractivity contribution in [3.8, 4) is 16.9 Å². The van der Waals surface area contributed by atoms with Crippen molar-refractivity contribution in [1.82, 2.24) is 20.4 Å². The van der Waals surface area contributed by atoms with E-state index in [0.717, 1.165) is 12.8 Å². The fourth-order valence-electron chi connectivity index (χ4n) is 3.53. The molecule has 2 aromatic carbocycles. The quantitative estimate of drug-likeness (QED) is 0.470. The molecule has 10 heteroatoms. The van der Waals surface area contributed by atoms with Crippen LogP contribution in [0.15, 0.2) is 54.6 Å². The van der Waals surface area contributed by atoms with Crippen molar-refractivity contribution in [2.45, 2.75) is 25.3 Å². The molecule has 0 bridgehead atoms. The second-order valence-electron chi connectivity index (χ2n) is 7.42. The number of carbonyl (C=O) groups excluding carboxylic acids is 2. The average molecular weight is 437 g/mol. The van der Waals surface area contributed by atoms with E-state index in [2.05, 4.69) is 15.7 Å². The second-order valence-corrected chi connectivity index (χ2v) is 7.42. The monoisotopic (exact) mass is 437 g/mol. The summed E-state index contributed by atoms with van der Waals surface area (Å²) >= 11 is 0. The minimum Gasteiger partial charge on any atom is -0.354 e. The molecule has 1 aliphatic heterocycles. The Labute approximate surface area is 182 Å². The highest BCUT2D eigenvalue weighted by Gasteiger charge is 2.26. The first-order valence-corrected chi connectivity index (χ1v) is 10.1. The number of carbonyl (C=O) groups is 2. The maximum absolute atomic E-state index is 13.3. The summed E-state index contributed by atoms with van der Waals surface area (Å²) in [4.78, 5) is 35.8. The number of aromatic nitrogens is 2. The van der Waals surface area contributed by atoms with Gasteiger partial charge in [-0.3, -0.25) is 19.7 Å². The largest absolute Gasteiger partial charge is 0.354 e. The van der Waals surface area contributed by atoms with E-state index in [9.17, 15) is 24.1 Å². The molecule has 2 amide bonds. The molecular weight excluding hydrogens is 417 g/mol. The molecular formula is C22H20FN5O4. The zero-order chi connectivity index (χ0) is 22.7. The third kappa shape index (κ3) is 4.48. The van der Waals surface area contributed by atoms with Gasteiger partial charge in [-0.25, -0.2) is 9.07 Å². The van der Waals surface area contributed by atoms with Crippen LogP contribution in [0.2, 0.25) is 0 Å². The topological polar surface area (TPSA) is 119 Å². The Bertz CT molecular complexity index is 1160. The van der Waals surface area contributed by atoms with Crippen LogP contribution in [0.3, 0.4) is 0 Å². The van der Waals surface area contributed by atoms with Crippen molar-refractivity contribution in [1.29, 1.82) is 0 Å². The van der Waals surface area contributed by atoms with E-state index in [-0.39, 0.29) is 17.3 Å². The second kappa shape index (κ2) is 8.96. The lowest BCUT2D eigenvalue weighted by Gasteiger charge is -2.15. The van der Waals surface area contributed by atoms with Crippen molar-refractivity contribution in [2.24, 2.45) is 0 Å². The molecule has 164 valence electrons. The molecule has 1 atom stereocenters. The number of nitro groups is 1. The predicted octanol–water partition coefficient (Wildman–Crippen LogP) is 2.99. The number of nitrogens with one attached hydrogen (secondary N) is 2. The zero-order valence-corrected chi connectivity index (χ0v) is 17.0. The van der Waals surface area contributed by atoms with Crippen molar-refractivity contribution >= 4 is 17.5 Å². The summed E-state index contributed by atoms with van der Waals surface area (Å²) in [5.41, 5.74) is 1.49. The smallest absolute Gasteiger partial charge is 0.270 e. The van der Waals surface area contributed by atoms with Crippen LogP contribution >= 0.6 is 0 Å².